The van der Waals surface area contributed by atoms with Gasteiger partial charge in [0.15, 0.2) is 0 Å². The molecule has 1 aromatic heterocycles. The van der Waals surface area contributed by atoms with Crippen molar-refractivity contribution in [1.29, 1.82) is 5.26 Å². The van der Waals surface area contributed by atoms with Crippen LogP contribution < -0.4 is 5.56 Å². The Morgan fingerprint density at radius 2 is 1.94 bits per heavy atom. The number of rotatable bonds is 1. The van der Waals surface area contributed by atoms with E-state index in [-0.39, 0.29) is 11.1 Å². The molecule has 2 rings (SSSR count). The molecule has 1 aromatic carbocycles. The standard InChI is InChI=1S/C14H11ClN2O/c1-9-5-6-17(14(18)12(9)8-16)13-7-11(15)4-3-10(13)2/h3-7H,1-2H3. The molecule has 0 spiro atoms. The summed E-state index contributed by atoms with van der Waals surface area (Å²) in [6.07, 6.45) is 1.66. The summed E-state index contributed by atoms with van der Waals surface area (Å²) in [4.78, 5) is 12.2. The number of halogens is 1. The smallest absolute Gasteiger partial charge is 0.273 e. The topological polar surface area (TPSA) is 45.8 Å². The van der Waals surface area contributed by atoms with E-state index < -0.39 is 0 Å². The maximum atomic E-state index is 12.2. The summed E-state index contributed by atoms with van der Waals surface area (Å²) in [6, 6.07) is 9.02. The van der Waals surface area contributed by atoms with Gasteiger partial charge in [-0.1, -0.05) is 17.7 Å². The van der Waals surface area contributed by atoms with Gasteiger partial charge in [-0.15, -0.1) is 0 Å². The Balaban J connectivity index is 2.77. The van der Waals surface area contributed by atoms with Crippen LogP contribution in [0.3, 0.4) is 0 Å². The van der Waals surface area contributed by atoms with Gasteiger partial charge in [0, 0.05) is 11.2 Å². The van der Waals surface area contributed by atoms with Crippen molar-refractivity contribution in [3.8, 4) is 11.8 Å². The molecule has 0 aliphatic heterocycles. The first-order chi connectivity index (χ1) is 8.54. The van der Waals surface area contributed by atoms with Gasteiger partial charge in [-0.3, -0.25) is 9.36 Å². The minimum Gasteiger partial charge on any atom is -0.283 e. The summed E-state index contributed by atoms with van der Waals surface area (Å²) in [5, 5.41) is 9.56. The van der Waals surface area contributed by atoms with Crippen molar-refractivity contribution < 1.29 is 0 Å². The Labute approximate surface area is 110 Å². The molecule has 0 bridgehead atoms. The van der Waals surface area contributed by atoms with Crippen molar-refractivity contribution in [2.24, 2.45) is 0 Å². The van der Waals surface area contributed by atoms with Crippen LogP contribution in [0.25, 0.3) is 5.69 Å². The molecule has 1 heterocycles. The molecule has 0 radical (unpaired) electrons. The average Bonchev–Trinajstić information content (AvgIpc) is 2.34. The van der Waals surface area contributed by atoms with E-state index in [1.807, 2.05) is 19.1 Å². The molecular formula is C14H11ClN2O. The molecule has 4 heteroatoms. The molecule has 0 unspecified atom stereocenters. The predicted octanol–water partition coefficient (Wildman–Crippen LogP) is 2.98. The van der Waals surface area contributed by atoms with E-state index in [0.29, 0.717) is 16.3 Å². The number of nitriles is 1. The lowest BCUT2D eigenvalue weighted by Gasteiger charge is -2.10. The van der Waals surface area contributed by atoms with Gasteiger partial charge < -0.3 is 0 Å². The highest BCUT2D eigenvalue weighted by molar-refractivity contribution is 6.30. The van der Waals surface area contributed by atoms with Crippen LogP contribution in [-0.2, 0) is 0 Å². The Morgan fingerprint density at radius 1 is 1.22 bits per heavy atom. The van der Waals surface area contributed by atoms with E-state index in [9.17, 15) is 4.79 Å². The van der Waals surface area contributed by atoms with Gasteiger partial charge in [0.25, 0.3) is 5.56 Å². The maximum Gasteiger partial charge on any atom is 0.273 e. The minimum absolute atomic E-state index is 0.164. The average molecular weight is 259 g/mol. The lowest BCUT2D eigenvalue weighted by Crippen LogP contribution is -2.22. The molecule has 0 saturated heterocycles. The third kappa shape index (κ3) is 2.03. The SMILES string of the molecule is Cc1ccc(Cl)cc1-n1ccc(C)c(C#N)c1=O. The van der Waals surface area contributed by atoms with Crippen LogP contribution in [-0.4, -0.2) is 4.57 Å². The van der Waals surface area contributed by atoms with Crippen LogP contribution in [0.4, 0.5) is 0 Å². The summed E-state index contributed by atoms with van der Waals surface area (Å²) in [5.74, 6) is 0. The number of pyridine rings is 1. The molecule has 18 heavy (non-hydrogen) atoms. The Bertz CT molecular complexity index is 711. The normalized spacial score (nSPS) is 10.1. The fraction of sp³-hybridized carbons (Fsp3) is 0.143. The third-order valence-electron chi connectivity index (χ3n) is 2.84. The molecule has 3 nitrogen and oxygen atoms in total. The molecule has 0 aliphatic carbocycles. The van der Waals surface area contributed by atoms with Crippen LogP contribution in [0.5, 0.6) is 0 Å². The molecule has 0 saturated carbocycles. The van der Waals surface area contributed by atoms with E-state index in [1.54, 1.807) is 31.3 Å². The molecule has 0 fully saturated rings. The van der Waals surface area contributed by atoms with Crippen LogP contribution in [0.15, 0.2) is 35.3 Å². The van der Waals surface area contributed by atoms with E-state index in [4.69, 9.17) is 16.9 Å². The summed E-state index contributed by atoms with van der Waals surface area (Å²) in [6.45, 7) is 3.64. The van der Waals surface area contributed by atoms with Gasteiger partial charge in [0.2, 0.25) is 0 Å². The third-order valence-corrected chi connectivity index (χ3v) is 3.08. The first-order valence-corrected chi connectivity index (χ1v) is 5.81. The number of aromatic nitrogens is 1. The molecule has 0 aliphatic rings. The van der Waals surface area contributed by atoms with Gasteiger partial charge in [-0.25, -0.2) is 0 Å². The van der Waals surface area contributed by atoms with Crippen molar-refractivity contribution >= 4 is 11.6 Å². The number of hydrogen-bond acceptors (Lipinski definition) is 2. The van der Waals surface area contributed by atoms with Gasteiger partial charge in [-0.2, -0.15) is 5.26 Å². The minimum atomic E-state index is -0.317. The Kier molecular flexibility index (Phi) is 3.22. The summed E-state index contributed by atoms with van der Waals surface area (Å²) >= 11 is 5.94. The highest BCUT2D eigenvalue weighted by Crippen LogP contribution is 2.18. The maximum absolute atomic E-state index is 12.2. The molecule has 0 atom stereocenters. The quantitative estimate of drug-likeness (QED) is 0.789. The molecule has 0 amide bonds. The second-order valence-corrected chi connectivity index (χ2v) is 4.53. The fourth-order valence-corrected chi connectivity index (χ4v) is 1.96. The largest absolute Gasteiger partial charge is 0.283 e. The zero-order chi connectivity index (χ0) is 13.3. The van der Waals surface area contributed by atoms with Gasteiger partial charge >= 0.3 is 0 Å². The van der Waals surface area contributed by atoms with Crippen molar-refractivity contribution in [2.45, 2.75) is 13.8 Å². The molecule has 90 valence electrons. The van der Waals surface area contributed by atoms with E-state index in [2.05, 4.69) is 0 Å². The first-order valence-electron chi connectivity index (χ1n) is 5.43. The number of aryl methyl sites for hydroxylation is 2. The van der Waals surface area contributed by atoms with Crippen molar-refractivity contribution in [3.63, 3.8) is 0 Å². The van der Waals surface area contributed by atoms with Crippen molar-refractivity contribution in [3.05, 3.63) is 62.5 Å². The van der Waals surface area contributed by atoms with Crippen LogP contribution in [0.2, 0.25) is 5.02 Å². The first kappa shape index (κ1) is 12.4. The Hall–Kier alpha value is -2.05. The lowest BCUT2D eigenvalue weighted by molar-refractivity contribution is 0.962. The molecule has 2 aromatic rings. The van der Waals surface area contributed by atoms with Gasteiger partial charge in [-0.05, 0) is 43.2 Å². The zero-order valence-corrected chi connectivity index (χ0v) is 10.8. The van der Waals surface area contributed by atoms with Crippen molar-refractivity contribution in [2.75, 3.05) is 0 Å². The zero-order valence-electron chi connectivity index (χ0n) is 10.1. The Morgan fingerprint density at radius 3 is 2.61 bits per heavy atom. The monoisotopic (exact) mass is 258 g/mol. The predicted molar refractivity (Wildman–Crippen MR) is 71.2 cm³/mol. The highest BCUT2D eigenvalue weighted by atomic mass is 35.5. The van der Waals surface area contributed by atoms with E-state index in [1.165, 1.54) is 4.57 Å². The fourth-order valence-electron chi connectivity index (χ4n) is 1.79. The van der Waals surface area contributed by atoms with Crippen molar-refractivity contribution in [1.82, 2.24) is 4.57 Å². The summed E-state index contributed by atoms with van der Waals surface area (Å²) in [5.41, 5.74) is 2.15. The van der Waals surface area contributed by atoms with E-state index >= 15 is 0 Å². The second kappa shape index (κ2) is 4.67. The van der Waals surface area contributed by atoms with Gasteiger partial charge in [0.05, 0.1) is 5.69 Å². The molecule has 0 N–H and O–H groups in total. The molecular weight excluding hydrogens is 248 g/mol. The van der Waals surface area contributed by atoms with E-state index in [0.717, 1.165) is 5.56 Å². The highest BCUT2D eigenvalue weighted by Gasteiger charge is 2.09. The number of hydrogen-bond donors (Lipinski definition) is 0. The lowest BCUT2D eigenvalue weighted by atomic mass is 10.1. The van der Waals surface area contributed by atoms with Crippen LogP contribution in [0, 0.1) is 25.2 Å². The van der Waals surface area contributed by atoms with Crippen LogP contribution in [0.1, 0.15) is 16.7 Å². The van der Waals surface area contributed by atoms with Crippen LogP contribution >= 0.6 is 11.6 Å². The second-order valence-electron chi connectivity index (χ2n) is 4.09. The number of nitrogens with zero attached hydrogens (tertiary/aromatic N) is 2. The summed E-state index contributed by atoms with van der Waals surface area (Å²) < 4.78 is 1.45. The summed E-state index contributed by atoms with van der Waals surface area (Å²) in [7, 11) is 0. The van der Waals surface area contributed by atoms with Gasteiger partial charge in [0.1, 0.15) is 11.6 Å². The number of benzene rings is 1.